The summed E-state index contributed by atoms with van der Waals surface area (Å²) in [5, 5.41) is 4.43. The highest BCUT2D eigenvalue weighted by Gasteiger charge is 2.18. The Morgan fingerprint density at radius 3 is 1.68 bits per heavy atom. The second-order valence-electron chi connectivity index (χ2n) is 12.3. The molecule has 0 aliphatic carbocycles. The van der Waals surface area contributed by atoms with Crippen molar-refractivity contribution >= 4 is 43.7 Å². The van der Waals surface area contributed by atoms with Crippen LogP contribution in [0.2, 0.25) is 0 Å². The quantitative estimate of drug-likeness (QED) is 0.187. The van der Waals surface area contributed by atoms with Gasteiger partial charge in [-0.2, -0.15) is 9.97 Å². The molecule has 234 valence electrons. The van der Waals surface area contributed by atoms with Gasteiger partial charge in [-0.05, 0) is 46.5 Å². The number of nitrogens with zero attached hydrogens (tertiary/aromatic N) is 5. The highest BCUT2D eigenvalue weighted by molar-refractivity contribution is 6.12. The van der Waals surface area contributed by atoms with Crippen molar-refractivity contribution in [2.75, 3.05) is 0 Å². The van der Waals surface area contributed by atoms with Crippen molar-refractivity contribution in [3.63, 3.8) is 0 Å². The van der Waals surface area contributed by atoms with Crippen LogP contribution in [0.5, 0.6) is 0 Å². The molecule has 0 amide bonds. The van der Waals surface area contributed by atoms with Crippen molar-refractivity contribution in [3.8, 4) is 51.0 Å². The first-order chi connectivity index (χ1) is 24.8. The Labute approximate surface area is 287 Å². The van der Waals surface area contributed by atoms with E-state index in [4.69, 9.17) is 19.4 Å². The minimum absolute atomic E-state index is 0.571. The molecule has 0 N–H and O–H groups in total. The van der Waals surface area contributed by atoms with E-state index in [-0.39, 0.29) is 0 Å². The minimum Gasteiger partial charge on any atom is -0.454 e. The van der Waals surface area contributed by atoms with Gasteiger partial charge in [-0.1, -0.05) is 127 Å². The number of para-hydroxylation sites is 2. The van der Waals surface area contributed by atoms with Crippen LogP contribution in [0.1, 0.15) is 0 Å². The molecule has 6 aromatic carbocycles. The number of furan rings is 1. The molecule has 0 spiro atoms. The largest absolute Gasteiger partial charge is 0.454 e. The van der Waals surface area contributed by atoms with Crippen LogP contribution < -0.4 is 0 Å². The molecule has 0 aliphatic heterocycles. The third-order valence-electron chi connectivity index (χ3n) is 9.41. The van der Waals surface area contributed by atoms with Gasteiger partial charge in [0, 0.05) is 38.9 Å². The maximum Gasteiger partial charge on any atom is 0.238 e. The van der Waals surface area contributed by atoms with Crippen molar-refractivity contribution in [3.05, 3.63) is 164 Å². The third kappa shape index (κ3) is 4.58. The van der Waals surface area contributed by atoms with Gasteiger partial charge in [0.1, 0.15) is 5.58 Å². The number of fused-ring (bicyclic) bond motifs is 6. The highest BCUT2D eigenvalue weighted by Crippen LogP contribution is 2.37. The zero-order valence-electron chi connectivity index (χ0n) is 26.7. The maximum atomic E-state index is 6.11. The van der Waals surface area contributed by atoms with Crippen LogP contribution in [-0.4, -0.2) is 24.5 Å². The molecular weight excluding hydrogens is 615 g/mol. The van der Waals surface area contributed by atoms with E-state index in [2.05, 4.69) is 137 Å². The fraction of sp³-hybridized carbons (Fsp3) is 0. The van der Waals surface area contributed by atoms with E-state index in [1.807, 2.05) is 24.3 Å². The van der Waals surface area contributed by atoms with E-state index < -0.39 is 0 Å². The van der Waals surface area contributed by atoms with E-state index in [0.29, 0.717) is 17.6 Å². The van der Waals surface area contributed by atoms with Gasteiger partial charge >= 0.3 is 0 Å². The van der Waals surface area contributed by atoms with Gasteiger partial charge in [0.2, 0.25) is 5.95 Å². The van der Waals surface area contributed by atoms with Crippen LogP contribution >= 0.6 is 0 Å². The molecule has 10 aromatic rings. The average Bonchev–Trinajstić information content (AvgIpc) is 3.74. The Morgan fingerprint density at radius 1 is 0.420 bits per heavy atom. The first kappa shape index (κ1) is 28.1. The first-order valence-corrected chi connectivity index (χ1v) is 16.5. The Hall–Kier alpha value is -6.92. The van der Waals surface area contributed by atoms with E-state index >= 15 is 0 Å². The third-order valence-corrected chi connectivity index (χ3v) is 9.41. The predicted molar refractivity (Wildman–Crippen MR) is 201 cm³/mol. The zero-order chi connectivity index (χ0) is 33.0. The summed E-state index contributed by atoms with van der Waals surface area (Å²) >= 11 is 0. The monoisotopic (exact) mass is 641 g/mol. The number of hydrogen-bond donors (Lipinski definition) is 0. The highest BCUT2D eigenvalue weighted by atomic mass is 16.3. The lowest BCUT2D eigenvalue weighted by molar-refractivity contribution is 0.667. The van der Waals surface area contributed by atoms with Crippen LogP contribution in [0, 0.1) is 0 Å². The van der Waals surface area contributed by atoms with Crippen molar-refractivity contribution in [1.82, 2.24) is 24.5 Å². The van der Waals surface area contributed by atoms with Crippen LogP contribution in [0.25, 0.3) is 94.7 Å². The lowest BCUT2D eigenvalue weighted by Crippen LogP contribution is -2.06. The van der Waals surface area contributed by atoms with Gasteiger partial charge in [-0.25, -0.2) is 4.98 Å². The normalized spacial score (nSPS) is 11.6. The SMILES string of the molecule is c1ccc(-c2ccc(-c3nc(-c4ccc(-c5cccc6oc7cnccc7c56)cc4)nc(-n4c5ccccc5c5ccccc54)n3)cc2)cc1. The zero-order valence-corrected chi connectivity index (χ0v) is 26.7. The summed E-state index contributed by atoms with van der Waals surface area (Å²) in [5.74, 6) is 1.78. The van der Waals surface area contributed by atoms with Crippen molar-refractivity contribution in [1.29, 1.82) is 0 Å². The lowest BCUT2D eigenvalue weighted by atomic mass is 9.98. The predicted octanol–water partition coefficient (Wildman–Crippen LogP) is 10.9. The van der Waals surface area contributed by atoms with Crippen molar-refractivity contribution < 1.29 is 4.42 Å². The van der Waals surface area contributed by atoms with Crippen LogP contribution in [0.3, 0.4) is 0 Å². The molecular formula is C44H27N5O. The summed E-state index contributed by atoms with van der Waals surface area (Å²) in [6, 6.07) is 52.2. The van der Waals surface area contributed by atoms with Gasteiger partial charge in [-0.3, -0.25) is 9.55 Å². The molecule has 0 aliphatic rings. The summed E-state index contributed by atoms with van der Waals surface area (Å²) in [6.45, 7) is 0. The summed E-state index contributed by atoms with van der Waals surface area (Å²) in [5.41, 5.74) is 9.99. The molecule has 50 heavy (non-hydrogen) atoms. The molecule has 6 nitrogen and oxygen atoms in total. The minimum atomic E-state index is 0.571. The molecule has 0 radical (unpaired) electrons. The smallest absolute Gasteiger partial charge is 0.238 e. The maximum absolute atomic E-state index is 6.11. The van der Waals surface area contributed by atoms with Crippen LogP contribution in [-0.2, 0) is 0 Å². The van der Waals surface area contributed by atoms with E-state index in [1.165, 1.54) is 0 Å². The van der Waals surface area contributed by atoms with Crippen molar-refractivity contribution in [2.24, 2.45) is 0 Å². The van der Waals surface area contributed by atoms with E-state index in [1.54, 1.807) is 12.4 Å². The Bertz CT molecular complexity index is 2800. The van der Waals surface area contributed by atoms with Crippen LogP contribution in [0.15, 0.2) is 168 Å². The molecule has 4 heterocycles. The molecule has 0 bridgehead atoms. The second-order valence-corrected chi connectivity index (χ2v) is 12.3. The van der Waals surface area contributed by atoms with Gasteiger partial charge in [0.25, 0.3) is 0 Å². The number of pyridine rings is 1. The molecule has 0 saturated heterocycles. The molecule has 0 unspecified atom stereocenters. The summed E-state index contributed by atoms with van der Waals surface area (Å²) in [7, 11) is 0. The number of aromatic nitrogens is 5. The van der Waals surface area contributed by atoms with Crippen LogP contribution in [0.4, 0.5) is 0 Å². The average molecular weight is 642 g/mol. The van der Waals surface area contributed by atoms with Gasteiger partial charge in [0.15, 0.2) is 17.2 Å². The van der Waals surface area contributed by atoms with Gasteiger partial charge < -0.3 is 4.42 Å². The standard InChI is InChI=1S/C44H27N5O/c1-2-9-28(10-3-1)29-17-21-31(22-18-29)42-46-43(48-44(47-42)49-37-14-6-4-11-34(37)35-12-5-7-15-38(35)49)32-23-19-30(20-24-32)33-13-8-16-39-41(33)36-25-26-45-27-40(36)50-39/h1-27H. The lowest BCUT2D eigenvalue weighted by Gasteiger charge is -2.12. The topological polar surface area (TPSA) is 69.6 Å². The molecule has 0 fully saturated rings. The van der Waals surface area contributed by atoms with Crippen molar-refractivity contribution in [2.45, 2.75) is 0 Å². The number of hydrogen-bond acceptors (Lipinski definition) is 5. The van der Waals surface area contributed by atoms with E-state index in [9.17, 15) is 0 Å². The summed E-state index contributed by atoms with van der Waals surface area (Å²) in [6.07, 6.45) is 3.57. The molecule has 0 atom stereocenters. The summed E-state index contributed by atoms with van der Waals surface area (Å²) < 4.78 is 8.26. The van der Waals surface area contributed by atoms with E-state index in [0.717, 1.165) is 77.1 Å². The number of rotatable bonds is 5. The molecule has 4 aromatic heterocycles. The fourth-order valence-corrected chi connectivity index (χ4v) is 7.02. The van der Waals surface area contributed by atoms with Gasteiger partial charge in [0.05, 0.1) is 17.2 Å². The Morgan fingerprint density at radius 2 is 1.00 bits per heavy atom. The Kier molecular flexibility index (Phi) is 6.39. The Balaban J connectivity index is 1.14. The summed E-state index contributed by atoms with van der Waals surface area (Å²) in [4.78, 5) is 19.6. The molecule has 0 saturated carbocycles. The first-order valence-electron chi connectivity index (χ1n) is 16.5. The molecule has 10 rings (SSSR count). The number of benzene rings is 6. The fourth-order valence-electron chi connectivity index (χ4n) is 7.02. The second kappa shape index (κ2) is 11.4. The molecule has 6 heteroatoms. The van der Waals surface area contributed by atoms with Gasteiger partial charge in [-0.15, -0.1) is 0 Å².